The molecule has 0 fully saturated rings. The van der Waals surface area contributed by atoms with Crippen LogP contribution < -0.4 is 4.74 Å². The van der Waals surface area contributed by atoms with Gasteiger partial charge in [0.25, 0.3) is 0 Å². The molecule has 0 unspecified atom stereocenters. The first kappa shape index (κ1) is 18.5. The quantitative estimate of drug-likeness (QED) is 0.350. The summed E-state index contributed by atoms with van der Waals surface area (Å²) in [6.45, 7) is 2.25. The van der Waals surface area contributed by atoms with Gasteiger partial charge in [0.05, 0.1) is 31.5 Å². The molecule has 0 aliphatic carbocycles. The minimum atomic E-state index is 0.522. The third-order valence-electron chi connectivity index (χ3n) is 3.95. The fourth-order valence-electron chi connectivity index (χ4n) is 2.68. The summed E-state index contributed by atoms with van der Waals surface area (Å²) < 4.78 is 25.2. The van der Waals surface area contributed by atoms with Crippen LogP contribution in [0.25, 0.3) is 31.9 Å². The summed E-state index contributed by atoms with van der Waals surface area (Å²) in [6.07, 6.45) is 0. The average Bonchev–Trinajstić information content (AvgIpc) is 3.45. The number of aromatic nitrogens is 2. The third kappa shape index (κ3) is 4.20. The van der Waals surface area contributed by atoms with Crippen LogP contribution in [0.3, 0.4) is 0 Å². The number of nitrogens with zero attached hydrogens (tertiary/aromatic N) is 2. The molecule has 3 heterocycles. The largest absolute Gasteiger partial charge is 0.482 e. The van der Waals surface area contributed by atoms with Gasteiger partial charge in [-0.1, -0.05) is 29.5 Å². The summed E-state index contributed by atoms with van der Waals surface area (Å²) >= 11 is 4.58. The highest BCUT2D eigenvalue weighted by atomic mass is 32.1. The average molecular weight is 419 g/mol. The molecule has 3 aromatic heterocycles. The Morgan fingerprint density at radius 1 is 0.852 bits per heavy atom. The van der Waals surface area contributed by atoms with Crippen LogP contribution in [0, 0.1) is 0 Å². The van der Waals surface area contributed by atoms with E-state index in [0.717, 1.165) is 32.1 Å². The van der Waals surface area contributed by atoms with Crippen LogP contribution in [-0.2, 0) is 9.47 Å². The van der Waals surface area contributed by atoms with Crippen molar-refractivity contribution >= 4 is 45.4 Å². The molecule has 4 rings (SSSR count). The van der Waals surface area contributed by atoms with Crippen molar-refractivity contribution in [2.45, 2.75) is 0 Å². The highest BCUT2D eigenvalue weighted by Gasteiger charge is 2.15. The van der Waals surface area contributed by atoms with Crippen molar-refractivity contribution < 1.29 is 14.2 Å². The second kappa shape index (κ2) is 8.90. The predicted octanol–water partition coefficient (Wildman–Crippen LogP) is 5.19. The van der Waals surface area contributed by atoms with E-state index >= 15 is 0 Å². The zero-order valence-electron chi connectivity index (χ0n) is 14.7. The van der Waals surface area contributed by atoms with Crippen LogP contribution in [0.2, 0.25) is 0 Å². The molecule has 27 heavy (non-hydrogen) atoms. The molecule has 0 atom stereocenters. The molecular formula is C19H18N2O3S3. The van der Waals surface area contributed by atoms with Gasteiger partial charge in [-0.2, -0.15) is 8.75 Å². The van der Waals surface area contributed by atoms with E-state index in [1.54, 1.807) is 29.8 Å². The number of benzene rings is 1. The predicted molar refractivity (Wildman–Crippen MR) is 112 cm³/mol. The first-order chi connectivity index (χ1) is 13.4. The minimum Gasteiger partial charge on any atom is -0.482 e. The van der Waals surface area contributed by atoms with Crippen molar-refractivity contribution in [2.24, 2.45) is 0 Å². The molecule has 8 heteroatoms. The van der Waals surface area contributed by atoms with Crippen LogP contribution in [0.5, 0.6) is 5.06 Å². The second-order valence-corrected chi connectivity index (χ2v) is 8.19. The number of methoxy groups -OCH3 is 1. The standard InChI is InChI=1S/C19H18N2O3S3/c1-22-8-9-23-10-11-24-17-7-6-16(26-17)14-5-4-13(15-3-2-12-25-15)18-19(14)21-27-20-18/h2-7,12H,8-11H2,1H3. The molecule has 0 aliphatic rings. The van der Waals surface area contributed by atoms with Crippen molar-refractivity contribution in [1.29, 1.82) is 0 Å². The Labute approximate surface area is 169 Å². The fraction of sp³-hybridized carbons (Fsp3) is 0.263. The lowest BCUT2D eigenvalue weighted by molar-refractivity contribution is 0.0550. The Morgan fingerprint density at radius 2 is 1.63 bits per heavy atom. The van der Waals surface area contributed by atoms with Gasteiger partial charge in [0.2, 0.25) is 0 Å². The van der Waals surface area contributed by atoms with E-state index in [1.165, 1.54) is 16.6 Å². The Hall–Kier alpha value is -1.84. The molecule has 0 spiro atoms. The Morgan fingerprint density at radius 3 is 2.37 bits per heavy atom. The molecule has 0 saturated heterocycles. The molecule has 5 nitrogen and oxygen atoms in total. The number of thiophene rings is 2. The lowest BCUT2D eigenvalue weighted by Gasteiger charge is -2.05. The number of hydrogen-bond acceptors (Lipinski definition) is 8. The van der Waals surface area contributed by atoms with E-state index in [9.17, 15) is 0 Å². The smallest absolute Gasteiger partial charge is 0.174 e. The third-order valence-corrected chi connectivity index (χ3v) is 6.42. The van der Waals surface area contributed by atoms with Crippen LogP contribution in [0.1, 0.15) is 0 Å². The number of rotatable bonds is 9. The zero-order valence-corrected chi connectivity index (χ0v) is 17.2. The van der Waals surface area contributed by atoms with Crippen molar-refractivity contribution in [2.75, 3.05) is 33.5 Å². The topological polar surface area (TPSA) is 53.5 Å². The minimum absolute atomic E-state index is 0.522. The van der Waals surface area contributed by atoms with Crippen LogP contribution in [-0.4, -0.2) is 42.3 Å². The lowest BCUT2D eigenvalue weighted by Crippen LogP contribution is -2.09. The number of fused-ring (bicyclic) bond motifs is 1. The molecule has 0 saturated carbocycles. The van der Waals surface area contributed by atoms with Gasteiger partial charge >= 0.3 is 0 Å². The molecular weight excluding hydrogens is 400 g/mol. The highest BCUT2D eigenvalue weighted by molar-refractivity contribution is 7.17. The van der Waals surface area contributed by atoms with Crippen molar-refractivity contribution in [3.63, 3.8) is 0 Å². The van der Waals surface area contributed by atoms with Crippen molar-refractivity contribution in [1.82, 2.24) is 8.75 Å². The summed E-state index contributed by atoms with van der Waals surface area (Å²) in [6, 6.07) is 12.5. The lowest BCUT2D eigenvalue weighted by atomic mass is 10.1. The highest BCUT2D eigenvalue weighted by Crippen LogP contribution is 2.40. The van der Waals surface area contributed by atoms with Gasteiger partial charge < -0.3 is 14.2 Å². The summed E-state index contributed by atoms with van der Waals surface area (Å²) in [5.41, 5.74) is 4.14. The van der Waals surface area contributed by atoms with E-state index in [0.29, 0.717) is 26.4 Å². The van der Waals surface area contributed by atoms with Gasteiger partial charge in [-0.05, 0) is 23.6 Å². The Balaban J connectivity index is 1.50. The molecule has 0 aliphatic heterocycles. The maximum absolute atomic E-state index is 5.79. The van der Waals surface area contributed by atoms with Gasteiger partial charge in [0.15, 0.2) is 5.06 Å². The van der Waals surface area contributed by atoms with Gasteiger partial charge in [-0.3, -0.25) is 0 Å². The number of ether oxygens (including phenoxy) is 3. The first-order valence-corrected chi connectivity index (χ1v) is 10.9. The number of hydrogen-bond donors (Lipinski definition) is 0. The van der Waals surface area contributed by atoms with Gasteiger partial charge in [-0.25, -0.2) is 0 Å². The van der Waals surface area contributed by atoms with E-state index in [1.807, 2.05) is 6.07 Å². The Bertz CT molecular complexity index is 995. The van der Waals surface area contributed by atoms with E-state index in [-0.39, 0.29) is 0 Å². The summed E-state index contributed by atoms with van der Waals surface area (Å²) in [4.78, 5) is 2.34. The molecule has 0 amide bonds. The van der Waals surface area contributed by atoms with E-state index in [2.05, 4.69) is 44.5 Å². The second-order valence-electron chi connectivity index (χ2n) is 5.67. The SMILES string of the molecule is COCCOCCOc1ccc(-c2ccc(-c3cccs3)c3nsnc23)s1. The van der Waals surface area contributed by atoms with E-state index in [4.69, 9.17) is 14.2 Å². The summed E-state index contributed by atoms with van der Waals surface area (Å²) in [7, 11) is 1.66. The molecule has 1 aromatic carbocycles. The molecule has 0 bridgehead atoms. The molecule has 140 valence electrons. The van der Waals surface area contributed by atoms with Gasteiger partial charge in [0.1, 0.15) is 17.6 Å². The molecule has 0 N–H and O–H groups in total. The van der Waals surface area contributed by atoms with E-state index < -0.39 is 0 Å². The maximum Gasteiger partial charge on any atom is 0.174 e. The fourth-order valence-corrected chi connectivity index (χ4v) is 4.92. The maximum atomic E-state index is 5.79. The monoisotopic (exact) mass is 418 g/mol. The summed E-state index contributed by atoms with van der Waals surface area (Å²) in [5.74, 6) is 0. The van der Waals surface area contributed by atoms with Crippen LogP contribution >= 0.6 is 34.4 Å². The van der Waals surface area contributed by atoms with Crippen molar-refractivity contribution in [3.8, 4) is 25.9 Å². The van der Waals surface area contributed by atoms with Gasteiger partial charge in [0, 0.05) is 28.0 Å². The summed E-state index contributed by atoms with van der Waals surface area (Å²) in [5, 5.41) is 2.95. The van der Waals surface area contributed by atoms with Gasteiger partial charge in [-0.15, -0.1) is 11.3 Å². The first-order valence-electron chi connectivity index (χ1n) is 8.45. The van der Waals surface area contributed by atoms with Crippen molar-refractivity contribution in [3.05, 3.63) is 41.8 Å². The van der Waals surface area contributed by atoms with Crippen LogP contribution in [0.15, 0.2) is 41.8 Å². The Kier molecular flexibility index (Phi) is 6.10. The molecule has 0 radical (unpaired) electrons. The normalized spacial score (nSPS) is 11.3. The van der Waals surface area contributed by atoms with Crippen LogP contribution in [0.4, 0.5) is 0 Å². The zero-order chi connectivity index (χ0) is 18.5. The molecule has 4 aromatic rings.